The quantitative estimate of drug-likeness (QED) is 0.771. The molecule has 0 radical (unpaired) electrons. The van der Waals surface area contributed by atoms with Crippen molar-refractivity contribution < 1.29 is 19.1 Å². The number of rotatable bonds is 7. The molecule has 20 heavy (non-hydrogen) atoms. The number of halogens is 1. The van der Waals surface area contributed by atoms with Crippen LogP contribution in [0.5, 0.6) is 5.75 Å². The normalized spacial score (nSPS) is 13.7. The lowest BCUT2D eigenvalue weighted by Gasteiger charge is -2.07. The van der Waals surface area contributed by atoms with Crippen LogP contribution >= 0.6 is 15.9 Å². The Balaban J connectivity index is 1.58. The Morgan fingerprint density at radius 3 is 2.85 bits per heavy atom. The molecule has 0 bridgehead atoms. The number of ether oxygens (including phenoxy) is 2. The van der Waals surface area contributed by atoms with Crippen LogP contribution in [0.1, 0.15) is 19.3 Å². The molecule has 1 fully saturated rings. The molecule has 0 heterocycles. The van der Waals surface area contributed by atoms with Gasteiger partial charge in [-0.25, -0.2) is 0 Å². The molecular weight excluding hydrogens is 326 g/mol. The van der Waals surface area contributed by atoms with Gasteiger partial charge < -0.3 is 14.8 Å². The molecule has 1 N–H and O–H groups in total. The van der Waals surface area contributed by atoms with Crippen molar-refractivity contribution in [3.05, 3.63) is 28.7 Å². The molecule has 1 aromatic rings. The number of carbonyl (C=O) groups is 2. The second-order valence-corrected chi connectivity index (χ2v) is 5.47. The first-order chi connectivity index (χ1) is 9.63. The molecule has 108 valence electrons. The van der Waals surface area contributed by atoms with Crippen molar-refractivity contribution in [1.29, 1.82) is 0 Å². The SMILES string of the molecule is O=C(COC(=O)CCOc1cccc(Br)c1)NC1CC1. The third kappa shape index (κ3) is 5.61. The summed E-state index contributed by atoms with van der Waals surface area (Å²) in [6.07, 6.45) is 2.14. The van der Waals surface area contributed by atoms with Gasteiger partial charge >= 0.3 is 5.97 Å². The van der Waals surface area contributed by atoms with Crippen LogP contribution < -0.4 is 10.1 Å². The molecule has 0 aromatic heterocycles. The molecular formula is C14H16BrNO4. The van der Waals surface area contributed by atoms with Crippen LogP contribution in [0, 0.1) is 0 Å². The first-order valence-corrected chi connectivity index (χ1v) is 7.26. The van der Waals surface area contributed by atoms with Crippen molar-refractivity contribution in [2.24, 2.45) is 0 Å². The number of hydrogen-bond donors (Lipinski definition) is 1. The Hall–Kier alpha value is -1.56. The molecule has 1 saturated carbocycles. The smallest absolute Gasteiger partial charge is 0.309 e. The van der Waals surface area contributed by atoms with E-state index in [1.165, 1.54) is 0 Å². The lowest BCUT2D eigenvalue weighted by atomic mass is 10.3. The minimum Gasteiger partial charge on any atom is -0.493 e. The number of nitrogens with one attached hydrogen (secondary N) is 1. The summed E-state index contributed by atoms with van der Waals surface area (Å²) >= 11 is 3.33. The number of amides is 1. The minimum absolute atomic E-state index is 0.114. The fraction of sp³-hybridized carbons (Fsp3) is 0.429. The Labute approximate surface area is 125 Å². The van der Waals surface area contributed by atoms with Gasteiger partial charge in [-0.15, -0.1) is 0 Å². The van der Waals surface area contributed by atoms with Crippen LogP contribution in [0.25, 0.3) is 0 Å². The van der Waals surface area contributed by atoms with Gasteiger partial charge in [0, 0.05) is 10.5 Å². The van der Waals surface area contributed by atoms with E-state index in [0.717, 1.165) is 17.3 Å². The molecule has 1 amide bonds. The maximum atomic E-state index is 11.4. The predicted octanol–water partition coefficient (Wildman–Crippen LogP) is 2.04. The highest BCUT2D eigenvalue weighted by molar-refractivity contribution is 9.10. The van der Waals surface area contributed by atoms with E-state index < -0.39 is 5.97 Å². The van der Waals surface area contributed by atoms with E-state index in [4.69, 9.17) is 9.47 Å². The van der Waals surface area contributed by atoms with E-state index in [1.807, 2.05) is 18.2 Å². The molecule has 1 aromatic carbocycles. The summed E-state index contributed by atoms with van der Waals surface area (Å²) in [6, 6.07) is 7.63. The van der Waals surface area contributed by atoms with Gasteiger partial charge in [0.25, 0.3) is 5.91 Å². The van der Waals surface area contributed by atoms with Crippen molar-refractivity contribution in [2.45, 2.75) is 25.3 Å². The standard InChI is InChI=1S/C14H16BrNO4/c15-10-2-1-3-12(8-10)19-7-6-14(18)20-9-13(17)16-11-4-5-11/h1-3,8,11H,4-7,9H2,(H,16,17). The van der Waals surface area contributed by atoms with Gasteiger partial charge in [-0.2, -0.15) is 0 Å². The Bertz CT molecular complexity index is 488. The molecule has 1 aliphatic carbocycles. The van der Waals surface area contributed by atoms with Gasteiger partial charge in [-0.05, 0) is 31.0 Å². The summed E-state index contributed by atoms with van der Waals surface area (Å²) in [6.45, 7) is 0.00570. The van der Waals surface area contributed by atoms with Crippen LogP contribution in [0.4, 0.5) is 0 Å². The minimum atomic E-state index is -0.439. The molecule has 2 rings (SSSR count). The fourth-order valence-electron chi connectivity index (χ4n) is 1.52. The van der Waals surface area contributed by atoms with Crippen molar-refractivity contribution >= 4 is 27.8 Å². The molecule has 0 aliphatic heterocycles. The second-order valence-electron chi connectivity index (χ2n) is 4.56. The summed E-state index contributed by atoms with van der Waals surface area (Å²) in [7, 11) is 0. The van der Waals surface area contributed by atoms with E-state index in [2.05, 4.69) is 21.2 Å². The average molecular weight is 342 g/mol. The zero-order valence-electron chi connectivity index (χ0n) is 10.9. The van der Waals surface area contributed by atoms with E-state index in [9.17, 15) is 9.59 Å². The van der Waals surface area contributed by atoms with Crippen molar-refractivity contribution in [3.8, 4) is 5.75 Å². The molecule has 6 heteroatoms. The number of esters is 1. The molecule has 5 nitrogen and oxygen atoms in total. The summed E-state index contributed by atoms with van der Waals surface area (Å²) in [5.41, 5.74) is 0. The molecule has 0 spiro atoms. The number of benzene rings is 1. The van der Waals surface area contributed by atoms with Crippen LogP contribution in [0.3, 0.4) is 0 Å². The third-order valence-electron chi connectivity index (χ3n) is 2.68. The second kappa shape index (κ2) is 7.28. The van der Waals surface area contributed by atoms with Crippen LogP contribution in [0.2, 0.25) is 0 Å². The number of carbonyl (C=O) groups excluding carboxylic acids is 2. The average Bonchev–Trinajstić information content (AvgIpc) is 3.20. The zero-order chi connectivity index (χ0) is 14.4. The lowest BCUT2D eigenvalue weighted by molar-refractivity contribution is -0.149. The van der Waals surface area contributed by atoms with Gasteiger partial charge in [0.15, 0.2) is 6.61 Å². The highest BCUT2D eigenvalue weighted by Gasteiger charge is 2.23. The van der Waals surface area contributed by atoms with Crippen molar-refractivity contribution in [3.63, 3.8) is 0 Å². The first kappa shape index (κ1) is 14.8. The molecule has 1 aliphatic rings. The van der Waals surface area contributed by atoms with E-state index >= 15 is 0 Å². The third-order valence-corrected chi connectivity index (χ3v) is 3.17. The van der Waals surface area contributed by atoms with Crippen molar-refractivity contribution in [1.82, 2.24) is 5.32 Å². The lowest BCUT2D eigenvalue weighted by Crippen LogP contribution is -2.30. The Kier molecular flexibility index (Phi) is 5.40. The van der Waals surface area contributed by atoms with Crippen molar-refractivity contribution in [2.75, 3.05) is 13.2 Å². The fourth-order valence-corrected chi connectivity index (χ4v) is 1.90. The summed E-state index contributed by atoms with van der Waals surface area (Å²) in [4.78, 5) is 22.7. The number of hydrogen-bond acceptors (Lipinski definition) is 4. The molecule has 0 saturated heterocycles. The van der Waals surface area contributed by atoms with Gasteiger partial charge in [0.2, 0.25) is 0 Å². The summed E-state index contributed by atoms with van der Waals surface area (Å²) in [5.74, 6) is -0.00152. The van der Waals surface area contributed by atoms with Crippen LogP contribution in [-0.2, 0) is 14.3 Å². The maximum absolute atomic E-state index is 11.4. The summed E-state index contributed by atoms with van der Waals surface area (Å²) < 4.78 is 11.2. The zero-order valence-corrected chi connectivity index (χ0v) is 12.5. The first-order valence-electron chi connectivity index (χ1n) is 6.47. The van der Waals surface area contributed by atoms with Gasteiger partial charge in [0.1, 0.15) is 5.75 Å². The molecule has 0 unspecified atom stereocenters. The van der Waals surface area contributed by atoms with Gasteiger partial charge in [-0.1, -0.05) is 22.0 Å². The Morgan fingerprint density at radius 2 is 2.15 bits per heavy atom. The highest BCUT2D eigenvalue weighted by atomic mass is 79.9. The predicted molar refractivity (Wildman–Crippen MR) is 76.4 cm³/mol. The van der Waals surface area contributed by atoms with E-state index in [-0.39, 0.29) is 31.6 Å². The van der Waals surface area contributed by atoms with E-state index in [1.54, 1.807) is 6.07 Å². The Morgan fingerprint density at radius 1 is 1.35 bits per heavy atom. The maximum Gasteiger partial charge on any atom is 0.309 e. The molecule has 0 atom stereocenters. The highest BCUT2D eigenvalue weighted by Crippen LogP contribution is 2.18. The monoisotopic (exact) mass is 341 g/mol. The van der Waals surface area contributed by atoms with Gasteiger partial charge in [0.05, 0.1) is 13.0 Å². The van der Waals surface area contributed by atoms with Crippen LogP contribution in [-0.4, -0.2) is 31.1 Å². The largest absolute Gasteiger partial charge is 0.493 e. The topological polar surface area (TPSA) is 64.6 Å². The van der Waals surface area contributed by atoms with Gasteiger partial charge in [-0.3, -0.25) is 9.59 Å². The summed E-state index contributed by atoms with van der Waals surface area (Å²) in [5, 5.41) is 2.74. The van der Waals surface area contributed by atoms with Crippen LogP contribution in [0.15, 0.2) is 28.7 Å². The van der Waals surface area contributed by atoms with E-state index in [0.29, 0.717) is 5.75 Å².